The van der Waals surface area contributed by atoms with Crippen LogP contribution in [0.15, 0.2) is 15.8 Å². The summed E-state index contributed by atoms with van der Waals surface area (Å²) in [5.74, 6) is 0. The maximum atomic E-state index is 12.2. The number of unbranched alkanes of at least 4 members (excludes halogenated alkanes) is 3. The summed E-state index contributed by atoms with van der Waals surface area (Å²) in [5, 5.41) is 10.2. The number of hydrogen-bond donors (Lipinski definition) is 9. The molecule has 0 aliphatic carbocycles. The SMILES string of the molecule is Cc1cn([C@H]2C[C@@H](O)C(COP(=O)(O)OP(=O)(O)OP(=O)(O)OP(=O)(O)OP(=O)(O)OP(=O)(O)OCCCCCCN)O2)c(=O)[nH]c1=O. The first-order chi connectivity index (χ1) is 21.8. The first-order valence-corrected chi connectivity index (χ1v) is 21.9. The Morgan fingerprint density at radius 1 is 0.792 bits per heavy atom. The van der Waals surface area contributed by atoms with Crippen LogP contribution in [0.4, 0.5) is 0 Å². The molecular formula is C16H33N3O23P6. The minimum Gasteiger partial charge on any atom is -0.390 e. The van der Waals surface area contributed by atoms with Gasteiger partial charge in [-0.15, -0.1) is 0 Å². The number of nitrogens with two attached hydrogens (primary N) is 1. The van der Waals surface area contributed by atoms with E-state index in [1.165, 1.54) is 6.92 Å². The van der Waals surface area contributed by atoms with Gasteiger partial charge in [0.25, 0.3) is 5.56 Å². The molecule has 10 N–H and O–H groups in total. The summed E-state index contributed by atoms with van der Waals surface area (Å²) in [7, 11) is -36.5. The number of aromatic nitrogens is 2. The Labute approximate surface area is 269 Å². The molecule has 1 aliphatic rings. The summed E-state index contributed by atoms with van der Waals surface area (Å²) in [6.07, 6.45) is -1.54. The van der Waals surface area contributed by atoms with Crippen LogP contribution in [0.25, 0.3) is 0 Å². The van der Waals surface area contributed by atoms with Crippen LogP contribution in [0, 0.1) is 6.92 Å². The first kappa shape index (κ1) is 43.6. The van der Waals surface area contributed by atoms with Crippen LogP contribution < -0.4 is 17.0 Å². The zero-order valence-corrected chi connectivity index (χ0v) is 29.7. The highest BCUT2D eigenvalue weighted by Gasteiger charge is 2.50. The van der Waals surface area contributed by atoms with E-state index in [2.05, 4.69) is 30.6 Å². The topological polar surface area (TPSA) is 399 Å². The van der Waals surface area contributed by atoms with Gasteiger partial charge in [0.1, 0.15) is 12.3 Å². The van der Waals surface area contributed by atoms with Gasteiger partial charge in [-0.1, -0.05) is 12.8 Å². The molecule has 280 valence electrons. The molecule has 0 spiro atoms. The van der Waals surface area contributed by atoms with E-state index in [1.807, 2.05) is 4.98 Å². The third kappa shape index (κ3) is 15.3. The number of aliphatic hydroxyl groups is 1. The number of ether oxygens (including phenoxy) is 1. The number of phosphoric acid groups is 6. The minimum atomic E-state index is -6.44. The number of nitrogens with one attached hydrogen (secondary N) is 1. The molecule has 2 rings (SSSR count). The predicted octanol–water partition coefficient (Wildman–Crippen LogP) is 0.731. The van der Waals surface area contributed by atoms with Crippen molar-refractivity contribution in [3.05, 3.63) is 32.6 Å². The summed E-state index contributed by atoms with van der Waals surface area (Å²) >= 11 is 0. The van der Waals surface area contributed by atoms with Crippen molar-refractivity contribution in [1.29, 1.82) is 0 Å². The minimum absolute atomic E-state index is 0.0914. The van der Waals surface area contributed by atoms with Gasteiger partial charge >= 0.3 is 52.6 Å². The van der Waals surface area contributed by atoms with E-state index in [4.69, 9.17) is 10.5 Å². The number of aryl methyl sites for hydroxylation is 1. The Morgan fingerprint density at radius 3 is 1.75 bits per heavy atom. The number of rotatable bonds is 21. The molecule has 0 radical (unpaired) electrons. The lowest BCUT2D eigenvalue weighted by molar-refractivity contribution is -0.0450. The largest absolute Gasteiger partial charge is 0.490 e. The maximum absolute atomic E-state index is 12.2. The van der Waals surface area contributed by atoms with Crippen molar-refractivity contribution in [3.8, 4) is 0 Å². The Hall–Kier alpha value is -0.580. The first-order valence-electron chi connectivity index (χ1n) is 12.9. The maximum Gasteiger partial charge on any atom is 0.490 e. The average Bonchev–Trinajstić information content (AvgIpc) is 3.23. The van der Waals surface area contributed by atoms with E-state index in [1.54, 1.807) is 0 Å². The molecule has 7 unspecified atom stereocenters. The normalized spacial score (nSPS) is 26.0. The zero-order chi connectivity index (χ0) is 36.8. The number of phosphoric ester groups is 2. The molecule has 26 nitrogen and oxygen atoms in total. The van der Waals surface area contributed by atoms with Crippen molar-refractivity contribution in [1.82, 2.24) is 9.55 Å². The van der Waals surface area contributed by atoms with Gasteiger partial charge in [0.15, 0.2) is 0 Å². The average molecular weight is 821 g/mol. The van der Waals surface area contributed by atoms with Crippen molar-refractivity contribution in [2.45, 2.75) is 57.5 Å². The van der Waals surface area contributed by atoms with Gasteiger partial charge in [-0.3, -0.25) is 23.4 Å². The number of aromatic amines is 1. The Balaban J connectivity index is 1.94. The van der Waals surface area contributed by atoms with Crippen LogP contribution in [0.3, 0.4) is 0 Å². The molecule has 1 aromatic rings. The van der Waals surface area contributed by atoms with Crippen LogP contribution in [-0.4, -0.2) is 76.0 Å². The fourth-order valence-electron chi connectivity index (χ4n) is 3.54. The van der Waals surface area contributed by atoms with Crippen molar-refractivity contribution in [3.63, 3.8) is 0 Å². The zero-order valence-electron chi connectivity index (χ0n) is 24.3. The molecule has 0 aromatic carbocycles. The van der Waals surface area contributed by atoms with E-state index in [9.17, 15) is 71.4 Å². The Bertz CT molecular complexity index is 1680. The van der Waals surface area contributed by atoms with Gasteiger partial charge in [-0.2, -0.15) is 21.6 Å². The van der Waals surface area contributed by atoms with Crippen molar-refractivity contribution in [2.75, 3.05) is 19.8 Å². The van der Waals surface area contributed by atoms with Gasteiger partial charge in [0, 0.05) is 18.2 Å². The van der Waals surface area contributed by atoms with E-state index < -0.39 is 89.8 Å². The van der Waals surface area contributed by atoms with Crippen LogP contribution in [0.5, 0.6) is 0 Å². The molecule has 1 aromatic heterocycles. The van der Waals surface area contributed by atoms with Crippen LogP contribution >= 0.6 is 46.9 Å². The molecule has 2 heterocycles. The smallest absolute Gasteiger partial charge is 0.390 e. The van der Waals surface area contributed by atoms with E-state index in [-0.39, 0.29) is 18.4 Å². The van der Waals surface area contributed by atoms with E-state index in [0.717, 1.165) is 10.8 Å². The standard InChI is InChI=1S/C16H33N3O23P6/c1-11-9-19(16(22)18-15(11)21)14-8-12(20)13(37-14)10-36-44(25,26)39-46(29,30)41-48(33,34)42-47(31,32)40-45(27,28)38-43(23,24)35-7-5-3-2-4-6-17/h9,12-14,20H,2-8,10,17H2,1H3,(H,23,24)(H,25,26)(H,27,28)(H,29,30)(H,31,32)(H,33,34)(H,18,21,22)/t12-,13?,14-/m1/s1. The lowest BCUT2D eigenvalue weighted by atomic mass is 10.2. The van der Waals surface area contributed by atoms with E-state index in [0.29, 0.717) is 25.8 Å². The van der Waals surface area contributed by atoms with Gasteiger partial charge in [0.05, 0.1) is 19.3 Å². The van der Waals surface area contributed by atoms with Gasteiger partial charge in [-0.25, -0.2) is 32.2 Å². The highest BCUT2D eigenvalue weighted by atomic mass is 31.3. The summed E-state index contributed by atoms with van der Waals surface area (Å²) in [5.41, 5.74) is 3.77. The molecule has 32 heteroatoms. The number of aliphatic hydroxyl groups excluding tert-OH is 1. The third-order valence-corrected chi connectivity index (χ3v) is 14.7. The molecule has 1 fully saturated rings. The molecule has 0 bridgehead atoms. The van der Waals surface area contributed by atoms with Crippen LogP contribution in [0.2, 0.25) is 0 Å². The quantitative estimate of drug-likeness (QED) is 0.0609. The monoisotopic (exact) mass is 821 g/mol. The molecule has 1 saturated heterocycles. The number of nitrogens with zero attached hydrogens (tertiary/aromatic N) is 1. The van der Waals surface area contributed by atoms with Crippen molar-refractivity contribution >= 4 is 46.9 Å². The van der Waals surface area contributed by atoms with Crippen molar-refractivity contribution < 1.29 is 97.2 Å². The Morgan fingerprint density at radius 2 is 1.25 bits per heavy atom. The lowest BCUT2D eigenvalue weighted by Gasteiger charge is -2.21. The summed E-state index contributed by atoms with van der Waals surface area (Å²) in [6, 6.07) is 0. The fraction of sp³-hybridized carbons (Fsp3) is 0.750. The summed E-state index contributed by atoms with van der Waals surface area (Å²) in [4.78, 5) is 83.1. The Kier molecular flexibility index (Phi) is 15.7. The predicted molar refractivity (Wildman–Crippen MR) is 154 cm³/mol. The van der Waals surface area contributed by atoms with Crippen LogP contribution in [-0.2, 0) is 62.7 Å². The summed E-state index contributed by atoms with van der Waals surface area (Å²) in [6.45, 7) is 0.160. The van der Waals surface area contributed by atoms with E-state index >= 15 is 0 Å². The van der Waals surface area contributed by atoms with Crippen LogP contribution in [0.1, 0.15) is 43.9 Å². The molecule has 48 heavy (non-hydrogen) atoms. The molecule has 1 aliphatic heterocycles. The number of hydrogen-bond acceptors (Lipinski definition) is 18. The second-order valence-electron chi connectivity index (χ2n) is 9.46. The second-order valence-corrected chi connectivity index (χ2v) is 18.9. The van der Waals surface area contributed by atoms with Crippen molar-refractivity contribution in [2.24, 2.45) is 5.73 Å². The summed E-state index contributed by atoms with van der Waals surface area (Å²) < 4.78 is 105. The molecule has 9 atom stereocenters. The molecule has 0 amide bonds. The van der Waals surface area contributed by atoms with Gasteiger partial charge < -0.3 is 44.9 Å². The fourth-order valence-corrected chi connectivity index (χ4v) is 11.4. The van der Waals surface area contributed by atoms with Gasteiger partial charge in [-0.05, 0) is 26.3 Å². The third-order valence-electron chi connectivity index (χ3n) is 5.45. The lowest BCUT2D eigenvalue weighted by Crippen LogP contribution is -2.33. The highest BCUT2D eigenvalue weighted by Crippen LogP contribution is 2.75. The van der Waals surface area contributed by atoms with Gasteiger partial charge in [0.2, 0.25) is 0 Å². The molecule has 0 saturated carbocycles. The second kappa shape index (κ2) is 17.3. The molecular weight excluding hydrogens is 788 g/mol. The highest BCUT2D eigenvalue weighted by molar-refractivity contribution is 7.72. The number of H-pyrrole nitrogens is 1.